The number of aryl methyl sites for hydroxylation is 2. The zero-order valence-electron chi connectivity index (χ0n) is 9.74. The van der Waals surface area contributed by atoms with E-state index in [9.17, 15) is 0 Å². The third-order valence-corrected chi connectivity index (χ3v) is 3.14. The minimum atomic E-state index is 0.650. The quantitative estimate of drug-likeness (QED) is 0.945. The topological polar surface area (TPSA) is 50.7 Å². The second kappa shape index (κ2) is 5.23. The monoisotopic (exact) mass is 292 g/mol. The largest absolute Gasteiger partial charge is 0.364 e. The molecule has 1 N–H and O–H groups in total. The maximum atomic E-state index is 4.41. The maximum absolute atomic E-state index is 4.41. The fourth-order valence-corrected chi connectivity index (χ4v) is 1.65. The van der Waals surface area contributed by atoms with E-state index >= 15 is 0 Å². The second-order valence-corrected chi connectivity index (χ2v) is 4.57. The Hall–Kier alpha value is -1.49. The van der Waals surface area contributed by atoms with Crippen molar-refractivity contribution in [1.29, 1.82) is 0 Å². The van der Waals surface area contributed by atoms with Gasteiger partial charge in [0.25, 0.3) is 0 Å². The Labute approximate surface area is 109 Å². The first-order chi connectivity index (χ1) is 8.15. The number of nitrogens with one attached hydrogen (secondary N) is 1. The molecule has 0 saturated heterocycles. The van der Waals surface area contributed by atoms with E-state index in [-0.39, 0.29) is 0 Å². The smallest absolute Gasteiger partial charge is 0.126 e. The lowest BCUT2D eigenvalue weighted by molar-refractivity contribution is 0.948. The van der Waals surface area contributed by atoms with Crippen LogP contribution in [-0.4, -0.2) is 15.0 Å². The first kappa shape index (κ1) is 12.0. The SMILES string of the molecule is Cc1nccc(CNc2ccc(Br)c(C)n2)n1. The van der Waals surface area contributed by atoms with E-state index in [0.717, 1.165) is 27.5 Å². The lowest BCUT2D eigenvalue weighted by Crippen LogP contribution is -2.05. The predicted octanol–water partition coefficient (Wildman–Crippen LogP) is 2.86. The first-order valence-corrected chi connectivity index (χ1v) is 6.10. The molecule has 0 aliphatic heterocycles. The van der Waals surface area contributed by atoms with E-state index in [0.29, 0.717) is 6.54 Å². The minimum Gasteiger partial charge on any atom is -0.364 e. The van der Waals surface area contributed by atoms with E-state index in [4.69, 9.17) is 0 Å². The lowest BCUT2D eigenvalue weighted by atomic mass is 10.3. The number of halogens is 1. The zero-order chi connectivity index (χ0) is 12.3. The highest BCUT2D eigenvalue weighted by molar-refractivity contribution is 9.10. The van der Waals surface area contributed by atoms with Gasteiger partial charge in [-0.05, 0) is 48.0 Å². The molecule has 0 amide bonds. The van der Waals surface area contributed by atoms with Gasteiger partial charge in [-0.15, -0.1) is 0 Å². The summed E-state index contributed by atoms with van der Waals surface area (Å²) in [5.74, 6) is 1.63. The van der Waals surface area contributed by atoms with Crippen LogP contribution in [0.4, 0.5) is 5.82 Å². The molecule has 0 unspecified atom stereocenters. The van der Waals surface area contributed by atoms with Crippen molar-refractivity contribution in [3.63, 3.8) is 0 Å². The molecule has 0 spiro atoms. The van der Waals surface area contributed by atoms with Gasteiger partial charge in [-0.1, -0.05) is 0 Å². The van der Waals surface area contributed by atoms with Gasteiger partial charge in [0.2, 0.25) is 0 Å². The van der Waals surface area contributed by atoms with Crippen LogP contribution in [0.3, 0.4) is 0 Å². The minimum absolute atomic E-state index is 0.650. The summed E-state index contributed by atoms with van der Waals surface area (Å²) < 4.78 is 1.01. The van der Waals surface area contributed by atoms with Crippen LogP contribution in [0.15, 0.2) is 28.9 Å². The summed E-state index contributed by atoms with van der Waals surface area (Å²) in [4.78, 5) is 12.8. The number of hydrogen-bond acceptors (Lipinski definition) is 4. The van der Waals surface area contributed by atoms with Crippen LogP contribution in [-0.2, 0) is 6.54 Å². The van der Waals surface area contributed by atoms with Gasteiger partial charge in [0.1, 0.15) is 11.6 Å². The van der Waals surface area contributed by atoms with Crippen LogP contribution in [0.5, 0.6) is 0 Å². The Kier molecular flexibility index (Phi) is 3.68. The molecule has 0 saturated carbocycles. The molecule has 0 fully saturated rings. The number of aromatic nitrogens is 3. The van der Waals surface area contributed by atoms with Crippen molar-refractivity contribution in [2.75, 3.05) is 5.32 Å². The summed E-state index contributed by atoms with van der Waals surface area (Å²) in [6.45, 7) is 4.49. The third-order valence-electron chi connectivity index (χ3n) is 2.31. The molecule has 2 aromatic heterocycles. The summed E-state index contributed by atoms with van der Waals surface area (Å²) in [5, 5.41) is 3.23. The number of pyridine rings is 1. The van der Waals surface area contributed by atoms with Crippen molar-refractivity contribution in [2.24, 2.45) is 0 Å². The molecule has 0 radical (unpaired) electrons. The van der Waals surface area contributed by atoms with Crippen molar-refractivity contribution < 1.29 is 0 Å². The van der Waals surface area contributed by atoms with Crippen LogP contribution in [0.2, 0.25) is 0 Å². The van der Waals surface area contributed by atoms with Crippen LogP contribution < -0.4 is 5.32 Å². The summed E-state index contributed by atoms with van der Waals surface area (Å²) in [6, 6.07) is 5.81. The average Bonchev–Trinajstić information content (AvgIpc) is 2.31. The number of nitrogens with zero attached hydrogens (tertiary/aromatic N) is 3. The summed E-state index contributed by atoms with van der Waals surface area (Å²) >= 11 is 3.42. The summed E-state index contributed by atoms with van der Waals surface area (Å²) in [7, 11) is 0. The maximum Gasteiger partial charge on any atom is 0.126 e. The van der Waals surface area contributed by atoms with Gasteiger partial charge in [-0.2, -0.15) is 0 Å². The molecule has 0 aromatic carbocycles. The number of anilines is 1. The molecule has 0 atom stereocenters. The van der Waals surface area contributed by atoms with E-state index in [1.54, 1.807) is 6.20 Å². The second-order valence-electron chi connectivity index (χ2n) is 3.71. The lowest BCUT2D eigenvalue weighted by Gasteiger charge is -2.06. The van der Waals surface area contributed by atoms with E-state index < -0.39 is 0 Å². The Morgan fingerprint density at radius 2 is 2.00 bits per heavy atom. The highest BCUT2D eigenvalue weighted by Crippen LogP contribution is 2.16. The molecule has 2 heterocycles. The number of hydrogen-bond donors (Lipinski definition) is 1. The molecule has 0 aliphatic rings. The molecule has 5 heteroatoms. The molecule has 4 nitrogen and oxygen atoms in total. The van der Waals surface area contributed by atoms with Gasteiger partial charge < -0.3 is 5.32 Å². The highest BCUT2D eigenvalue weighted by Gasteiger charge is 2.00. The van der Waals surface area contributed by atoms with Crippen LogP contribution in [0.25, 0.3) is 0 Å². The summed E-state index contributed by atoms with van der Waals surface area (Å²) in [5.41, 5.74) is 1.92. The average molecular weight is 293 g/mol. The van der Waals surface area contributed by atoms with Crippen molar-refractivity contribution in [1.82, 2.24) is 15.0 Å². The third kappa shape index (κ3) is 3.23. The summed E-state index contributed by atoms with van der Waals surface area (Å²) in [6.07, 6.45) is 1.76. The molecule has 0 bridgehead atoms. The molecule has 0 aliphatic carbocycles. The zero-order valence-corrected chi connectivity index (χ0v) is 11.3. The van der Waals surface area contributed by atoms with E-state index in [2.05, 4.69) is 36.2 Å². The van der Waals surface area contributed by atoms with Gasteiger partial charge in [-0.3, -0.25) is 0 Å². The Morgan fingerprint density at radius 3 is 2.71 bits per heavy atom. The molecular weight excluding hydrogens is 280 g/mol. The molecule has 88 valence electrons. The Balaban J connectivity index is 2.05. The number of rotatable bonds is 3. The molecule has 2 aromatic rings. The standard InChI is InChI=1S/C12H13BrN4/c1-8-11(13)3-4-12(16-8)15-7-10-5-6-14-9(2)17-10/h3-6H,7H2,1-2H3,(H,15,16). The fraction of sp³-hybridized carbons (Fsp3) is 0.250. The van der Waals surface area contributed by atoms with Crippen LogP contribution >= 0.6 is 15.9 Å². The van der Waals surface area contributed by atoms with Gasteiger partial charge in [0.15, 0.2) is 0 Å². The Bertz CT molecular complexity index is 528. The van der Waals surface area contributed by atoms with Gasteiger partial charge in [0.05, 0.1) is 17.9 Å². The highest BCUT2D eigenvalue weighted by atomic mass is 79.9. The van der Waals surface area contributed by atoms with Crippen molar-refractivity contribution >= 4 is 21.7 Å². The van der Waals surface area contributed by atoms with Crippen LogP contribution in [0.1, 0.15) is 17.2 Å². The van der Waals surface area contributed by atoms with Gasteiger partial charge in [0, 0.05) is 10.7 Å². The fourth-order valence-electron chi connectivity index (χ4n) is 1.43. The van der Waals surface area contributed by atoms with Crippen LogP contribution in [0, 0.1) is 13.8 Å². The van der Waals surface area contributed by atoms with Crippen molar-refractivity contribution in [3.05, 3.63) is 46.1 Å². The molecule has 2 rings (SSSR count). The van der Waals surface area contributed by atoms with Crippen molar-refractivity contribution in [3.8, 4) is 0 Å². The Morgan fingerprint density at radius 1 is 1.18 bits per heavy atom. The molecule has 17 heavy (non-hydrogen) atoms. The predicted molar refractivity (Wildman–Crippen MR) is 70.8 cm³/mol. The van der Waals surface area contributed by atoms with E-state index in [1.807, 2.05) is 32.0 Å². The van der Waals surface area contributed by atoms with Gasteiger partial charge >= 0.3 is 0 Å². The van der Waals surface area contributed by atoms with Crippen molar-refractivity contribution in [2.45, 2.75) is 20.4 Å². The van der Waals surface area contributed by atoms with Gasteiger partial charge in [-0.25, -0.2) is 15.0 Å². The first-order valence-electron chi connectivity index (χ1n) is 5.31. The van der Waals surface area contributed by atoms with E-state index in [1.165, 1.54) is 0 Å². The normalized spacial score (nSPS) is 10.3. The molecular formula is C12H13BrN4.